The summed E-state index contributed by atoms with van der Waals surface area (Å²) in [5.74, 6) is 0.0376. The number of methoxy groups -OCH3 is 1. The van der Waals surface area contributed by atoms with Crippen LogP contribution in [0.15, 0.2) is 40.9 Å². The summed E-state index contributed by atoms with van der Waals surface area (Å²) in [5, 5.41) is 14.0. The molecule has 0 amide bonds. The summed E-state index contributed by atoms with van der Waals surface area (Å²) >= 11 is 3.50. The number of hydrogen-bond acceptors (Lipinski definition) is 5. The SMILES string of the molecule is COc1ccc(Br)c([C@@H](c2ccc(OC(F)(F)F)cc2)N2CCNCC2)c1O. The van der Waals surface area contributed by atoms with Crippen LogP contribution in [0.4, 0.5) is 13.2 Å². The number of rotatable bonds is 5. The van der Waals surface area contributed by atoms with Gasteiger partial charge >= 0.3 is 6.36 Å². The molecule has 1 fully saturated rings. The van der Waals surface area contributed by atoms with Crippen molar-refractivity contribution in [3.63, 3.8) is 0 Å². The number of aromatic hydroxyl groups is 1. The summed E-state index contributed by atoms with van der Waals surface area (Å²) in [6, 6.07) is 8.79. The van der Waals surface area contributed by atoms with Gasteiger partial charge in [0, 0.05) is 36.2 Å². The van der Waals surface area contributed by atoms with Crippen molar-refractivity contribution >= 4 is 15.9 Å². The third kappa shape index (κ3) is 4.71. The van der Waals surface area contributed by atoms with Crippen molar-refractivity contribution in [1.29, 1.82) is 0 Å². The molecule has 152 valence electrons. The number of alkyl halides is 3. The van der Waals surface area contributed by atoms with Crippen molar-refractivity contribution in [2.24, 2.45) is 0 Å². The van der Waals surface area contributed by atoms with Crippen LogP contribution >= 0.6 is 15.9 Å². The lowest BCUT2D eigenvalue weighted by Gasteiger charge is -2.36. The summed E-state index contributed by atoms with van der Waals surface area (Å²) in [6.07, 6.45) is -4.74. The summed E-state index contributed by atoms with van der Waals surface area (Å²) in [4.78, 5) is 2.16. The molecule has 5 nitrogen and oxygen atoms in total. The molecule has 1 aliphatic heterocycles. The maximum absolute atomic E-state index is 12.5. The number of phenolic OH excluding ortho intramolecular Hbond substituents is 1. The van der Waals surface area contributed by atoms with Gasteiger partial charge in [-0.05, 0) is 29.8 Å². The fourth-order valence-electron chi connectivity index (χ4n) is 3.34. The van der Waals surface area contributed by atoms with Gasteiger partial charge < -0.3 is 19.9 Å². The van der Waals surface area contributed by atoms with Crippen LogP contribution in [-0.2, 0) is 0 Å². The molecule has 28 heavy (non-hydrogen) atoms. The maximum atomic E-state index is 12.5. The minimum absolute atomic E-state index is 0.00368. The van der Waals surface area contributed by atoms with Crippen molar-refractivity contribution in [2.75, 3.05) is 33.3 Å². The van der Waals surface area contributed by atoms with Crippen LogP contribution in [0, 0.1) is 0 Å². The zero-order valence-electron chi connectivity index (χ0n) is 15.1. The molecule has 0 saturated carbocycles. The maximum Gasteiger partial charge on any atom is 0.573 e. The van der Waals surface area contributed by atoms with Gasteiger partial charge in [0.2, 0.25) is 0 Å². The van der Waals surface area contributed by atoms with Crippen LogP contribution in [0.1, 0.15) is 17.2 Å². The van der Waals surface area contributed by atoms with Gasteiger partial charge in [0.25, 0.3) is 0 Å². The van der Waals surface area contributed by atoms with Crippen LogP contribution in [0.2, 0.25) is 0 Å². The third-order valence-corrected chi connectivity index (χ3v) is 5.26. The van der Waals surface area contributed by atoms with Gasteiger partial charge in [0.15, 0.2) is 11.5 Å². The summed E-state index contributed by atoms with van der Waals surface area (Å²) in [6.45, 7) is 2.98. The lowest BCUT2D eigenvalue weighted by Crippen LogP contribution is -2.45. The number of ether oxygens (including phenoxy) is 2. The molecule has 0 bridgehead atoms. The highest BCUT2D eigenvalue weighted by atomic mass is 79.9. The van der Waals surface area contributed by atoms with E-state index in [1.54, 1.807) is 24.3 Å². The third-order valence-electron chi connectivity index (χ3n) is 4.57. The second-order valence-electron chi connectivity index (χ2n) is 6.32. The molecule has 3 rings (SSSR count). The number of benzene rings is 2. The Morgan fingerprint density at radius 1 is 1.11 bits per heavy atom. The van der Waals surface area contributed by atoms with Crippen molar-refractivity contribution in [2.45, 2.75) is 12.4 Å². The molecule has 0 aliphatic carbocycles. The minimum Gasteiger partial charge on any atom is -0.504 e. The summed E-state index contributed by atoms with van der Waals surface area (Å²) < 4.78 is 47.3. The van der Waals surface area contributed by atoms with Crippen LogP contribution in [-0.4, -0.2) is 49.7 Å². The van der Waals surface area contributed by atoms with Gasteiger partial charge in [0.05, 0.1) is 13.2 Å². The van der Waals surface area contributed by atoms with Crippen molar-refractivity contribution in [3.8, 4) is 17.2 Å². The first-order valence-corrected chi connectivity index (χ1v) is 9.45. The topological polar surface area (TPSA) is 54.0 Å². The number of piperazine rings is 1. The molecular formula is C19H20BrF3N2O3. The molecular weight excluding hydrogens is 441 g/mol. The fourth-order valence-corrected chi connectivity index (χ4v) is 3.88. The first-order chi connectivity index (χ1) is 13.3. The molecule has 1 aliphatic rings. The molecule has 0 aromatic heterocycles. The van der Waals surface area contributed by atoms with Crippen molar-refractivity contribution in [3.05, 3.63) is 52.0 Å². The Kier molecular flexibility index (Phi) is 6.36. The van der Waals surface area contributed by atoms with E-state index in [9.17, 15) is 18.3 Å². The molecule has 2 N–H and O–H groups in total. The van der Waals surface area contributed by atoms with E-state index < -0.39 is 6.36 Å². The fraction of sp³-hybridized carbons (Fsp3) is 0.368. The Hall–Kier alpha value is -1.97. The van der Waals surface area contributed by atoms with Gasteiger partial charge in [-0.25, -0.2) is 0 Å². The van der Waals surface area contributed by atoms with Crippen molar-refractivity contribution < 1.29 is 27.8 Å². The van der Waals surface area contributed by atoms with E-state index >= 15 is 0 Å². The Morgan fingerprint density at radius 2 is 1.75 bits per heavy atom. The Morgan fingerprint density at radius 3 is 2.32 bits per heavy atom. The molecule has 0 unspecified atom stereocenters. The molecule has 0 spiro atoms. The number of nitrogens with zero attached hydrogens (tertiary/aromatic N) is 1. The minimum atomic E-state index is -4.74. The molecule has 1 atom stereocenters. The van der Waals surface area contributed by atoms with Gasteiger partial charge in [-0.2, -0.15) is 0 Å². The predicted octanol–water partition coefficient (Wildman–Crippen LogP) is 4.06. The van der Waals surface area contributed by atoms with Crippen LogP contribution < -0.4 is 14.8 Å². The first-order valence-electron chi connectivity index (χ1n) is 8.66. The van der Waals surface area contributed by atoms with Gasteiger partial charge in [-0.1, -0.05) is 28.1 Å². The quantitative estimate of drug-likeness (QED) is 0.704. The summed E-state index contributed by atoms with van der Waals surface area (Å²) in [7, 11) is 1.47. The lowest BCUT2D eigenvalue weighted by molar-refractivity contribution is -0.274. The number of nitrogens with one attached hydrogen (secondary N) is 1. The van der Waals surface area contributed by atoms with E-state index in [0.29, 0.717) is 28.9 Å². The molecule has 1 heterocycles. The van der Waals surface area contributed by atoms with E-state index in [0.717, 1.165) is 18.7 Å². The first kappa shape index (κ1) is 20.8. The summed E-state index contributed by atoms with van der Waals surface area (Å²) in [5.41, 5.74) is 1.34. The van der Waals surface area contributed by atoms with Crippen LogP contribution in [0.25, 0.3) is 0 Å². The van der Waals surface area contributed by atoms with E-state index in [1.807, 2.05) is 0 Å². The highest BCUT2D eigenvalue weighted by Crippen LogP contribution is 2.44. The van der Waals surface area contributed by atoms with Crippen molar-refractivity contribution in [1.82, 2.24) is 10.2 Å². The smallest absolute Gasteiger partial charge is 0.504 e. The predicted molar refractivity (Wildman–Crippen MR) is 102 cm³/mol. The molecule has 2 aromatic carbocycles. The Labute approximate surface area is 169 Å². The van der Waals surface area contributed by atoms with Gasteiger partial charge in [-0.15, -0.1) is 13.2 Å². The molecule has 1 saturated heterocycles. The van der Waals surface area contributed by atoms with Crippen LogP contribution in [0.3, 0.4) is 0 Å². The van der Waals surface area contributed by atoms with E-state index in [-0.39, 0.29) is 17.5 Å². The average molecular weight is 461 g/mol. The lowest BCUT2D eigenvalue weighted by atomic mass is 9.95. The number of hydrogen-bond donors (Lipinski definition) is 2. The zero-order valence-corrected chi connectivity index (χ0v) is 16.7. The van der Waals surface area contributed by atoms with E-state index in [1.165, 1.54) is 19.2 Å². The standard InChI is InChI=1S/C19H20BrF3N2O3/c1-27-15-7-6-14(20)16(18(15)26)17(25-10-8-24-9-11-25)12-2-4-13(5-3-12)28-19(21,22)23/h2-7,17,24,26H,8-11H2,1H3/t17-/m1/s1. The Balaban J connectivity index is 2.04. The normalized spacial score (nSPS) is 16.6. The largest absolute Gasteiger partial charge is 0.573 e. The molecule has 0 radical (unpaired) electrons. The second-order valence-corrected chi connectivity index (χ2v) is 7.17. The van der Waals surface area contributed by atoms with Gasteiger partial charge in [0.1, 0.15) is 5.75 Å². The highest BCUT2D eigenvalue weighted by Gasteiger charge is 2.32. The van der Waals surface area contributed by atoms with E-state index in [4.69, 9.17) is 4.74 Å². The second kappa shape index (κ2) is 8.59. The van der Waals surface area contributed by atoms with Gasteiger partial charge in [-0.3, -0.25) is 4.90 Å². The zero-order chi connectivity index (χ0) is 20.3. The highest BCUT2D eigenvalue weighted by molar-refractivity contribution is 9.10. The van der Waals surface area contributed by atoms with Crippen LogP contribution in [0.5, 0.6) is 17.2 Å². The van der Waals surface area contributed by atoms with E-state index in [2.05, 4.69) is 30.9 Å². The Bertz CT molecular complexity index is 809. The molecule has 9 heteroatoms. The number of halogens is 4. The number of phenols is 1. The molecule has 2 aromatic rings. The monoisotopic (exact) mass is 460 g/mol. The average Bonchev–Trinajstić information content (AvgIpc) is 2.66.